The van der Waals surface area contributed by atoms with Crippen LogP contribution in [0.5, 0.6) is 0 Å². The third-order valence-electron chi connectivity index (χ3n) is 3.18. The Bertz CT molecular complexity index is 600. The molecule has 1 N–H and O–H groups in total. The van der Waals surface area contributed by atoms with Crippen molar-refractivity contribution in [3.05, 3.63) is 44.9 Å². The van der Waals surface area contributed by atoms with Gasteiger partial charge in [0.25, 0.3) is 5.91 Å². The molecule has 1 aromatic heterocycles. The summed E-state index contributed by atoms with van der Waals surface area (Å²) >= 11 is 5.00. The fourth-order valence-corrected chi connectivity index (χ4v) is 3.72. The minimum Gasteiger partial charge on any atom is -0.298 e. The van der Waals surface area contributed by atoms with Gasteiger partial charge in [-0.3, -0.25) is 10.1 Å². The van der Waals surface area contributed by atoms with Gasteiger partial charge in [-0.15, -0.1) is 11.3 Å². The predicted molar refractivity (Wildman–Crippen MR) is 80.9 cm³/mol. The summed E-state index contributed by atoms with van der Waals surface area (Å²) in [5.74, 6) is -0.112. The molecule has 0 atom stereocenters. The Morgan fingerprint density at radius 3 is 2.84 bits per heavy atom. The highest BCUT2D eigenvalue weighted by Crippen LogP contribution is 2.30. The molecular weight excluding hydrogens is 324 g/mol. The average molecular weight is 337 g/mol. The molecule has 0 radical (unpaired) electrons. The summed E-state index contributed by atoms with van der Waals surface area (Å²) < 4.78 is 0.800. The number of nitrogens with one attached hydrogen (secondary N) is 1. The number of nitrogens with zero attached hydrogens (tertiary/aromatic N) is 1. The highest BCUT2D eigenvalue weighted by molar-refractivity contribution is 9.10. The van der Waals surface area contributed by atoms with Gasteiger partial charge >= 0.3 is 0 Å². The minimum atomic E-state index is -0.112. The predicted octanol–water partition coefficient (Wildman–Crippen LogP) is 4.04. The quantitative estimate of drug-likeness (QED) is 0.899. The Balaban J connectivity index is 1.80. The lowest BCUT2D eigenvalue weighted by molar-refractivity contribution is 0.102. The first-order valence-corrected chi connectivity index (χ1v) is 7.89. The van der Waals surface area contributed by atoms with E-state index >= 15 is 0 Å². The summed E-state index contributed by atoms with van der Waals surface area (Å²) in [4.78, 5) is 18.0. The molecule has 19 heavy (non-hydrogen) atoms. The topological polar surface area (TPSA) is 42.0 Å². The van der Waals surface area contributed by atoms with Gasteiger partial charge in [0.1, 0.15) is 0 Å². The number of amides is 1. The third-order valence-corrected chi connectivity index (χ3v) is 4.95. The third kappa shape index (κ3) is 2.72. The largest absolute Gasteiger partial charge is 0.298 e. The lowest BCUT2D eigenvalue weighted by Crippen LogP contribution is -2.12. The first-order valence-electron chi connectivity index (χ1n) is 6.28. The van der Waals surface area contributed by atoms with Crippen molar-refractivity contribution in [2.45, 2.75) is 25.7 Å². The number of hydrogen-bond donors (Lipinski definition) is 1. The van der Waals surface area contributed by atoms with E-state index in [9.17, 15) is 4.79 Å². The summed E-state index contributed by atoms with van der Waals surface area (Å²) in [6.07, 6.45) is 4.57. The van der Waals surface area contributed by atoms with Crippen LogP contribution < -0.4 is 5.32 Å². The van der Waals surface area contributed by atoms with Gasteiger partial charge in [-0.25, -0.2) is 4.98 Å². The summed E-state index contributed by atoms with van der Waals surface area (Å²) in [6, 6.07) is 7.41. The number of halogens is 1. The van der Waals surface area contributed by atoms with E-state index in [0.717, 1.165) is 17.3 Å². The van der Waals surface area contributed by atoms with Crippen LogP contribution >= 0.6 is 27.3 Å². The standard InChI is InChI=1S/C14H13BrN2OS/c15-10-6-2-1-5-9(10)13(18)17-14-16-11-7-3-4-8-12(11)19-14/h1-2,5-6H,3-4,7-8H2,(H,16,17,18). The SMILES string of the molecule is O=C(Nc1nc2c(s1)CCCC2)c1ccccc1Br. The number of anilines is 1. The zero-order valence-corrected chi connectivity index (χ0v) is 12.7. The van der Waals surface area contributed by atoms with E-state index in [0.29, 0.717) is 10.7 Å². The van der Waals surface area contributed by atoms with Crippen LogP contribution in [0.3, 0.4) is 0 Å². The maximum Gasteiger partial charge on any atom is 0.258 e. The van der Waals surface area contributed by atoms with Crippen molar-refractivity contribution in [1.82, 2.24) is 4.98 Å². The van der Waals surface area contributed by atoms with E-state index in [1.165, 1.54) is 23.4 Å². The van der Waals surface area contributed by atoms with Crippen molar-refractivity contribution in [3.8, 4) is 0 Å². The van der Waals surface area contributed by atoms with Crippen molar-refractivity contribution in [2.75, 3.05) is 5.32 Å². The Labute approximate surface area is 124 Å². The molecule has 1 aliphatic carbocycles. The van der Waals surface area contributed by atoms with Crippen molar-refractivity contribution >= 4 is 38.3 Å². The van der Waals surface area contributed by atoms with Crippen LogP contribution in [0.1, 0.15) is 33.8 Å². The molecule has 5 heteroatoms. The van der Waals surface area contributed by atoms with Gasteiger partial charge in [0, 0.05) is 9.35 Å². The number of hydrogen-bond acceptors (Lipinski definition) is 3. The van der Waals surface area contributed by atoms with Crippen LogP contribution in [0.2, 0.25) is 0 Å². The van der Waals surface area contributed by atoms with Gasteiger partial charge in [-0.2, -0.15) is 0 Å². The number of thiazole rings is 1. The molecule has 1 aliphatic rings. The number of fused-ring (bicyclic) bond motifs is 1. The summed E-state index contributed by atoms with van der Waals surface area (Å²) in [5.41, 5.74) is 1.80. The molecule has 0 aliphatic heterocycles. The molecule has 1 aromatic carbocycles. The maximum atomic E-state index is 12.2. The van der Waals surface area contributed by atoms with E-state index in [1.54, 1.807) is 17.4 Å². The highest BCUT2D eigenvalue weighted by Gasteiger charge is 2.17. The fourth-order valence-electron chi connectivity index (χ4n) is 2.22. The van der Waals surface area contributed by atoms with E-state index in [4.69, 9.17) is 0 Å². The first kappa shape index (κ1) is 12.8. The molecule has 0 unspecified atom stereocenters. The van der Waals surface area contributed by atoms with Crippen LogP contribution in [0, 0.1) is 0 Å². The molecular formula is C14H13BrN2OS. The van der Waals surface area contributed by atoms with E-state index in [1.807, 2.05) is 18.2 Å². The maximum absolute atomic E-state index is 12.2. The lowest BCUT2D eigenvalue weighted by atomic mass is 10.0. The highest BCUT2D eigenvalue weighted by atomic mass is 79.9. The molecule has 0 saturated carbocycles. The number of benzene rings is 1. The molecule has 0 bridgehead atoms. The molecule has 3 nitrogen and oxygen atoms in total. The molecule has 2 aromatic rings. The number of carbonyl (C=O) groups is 1. The van der Waals surface area contributed by atoms with Gasteiger partial charge in [0.2, 0.25) is 0 Å². The van der Waals surface area contributed by atoms with E-state index < -0.39 is 0 Å². The second-order valence-electron chi connectivity index (χ2n) is 4.53. The van der Waals surface area contributed by atoms with Crippen molar-refractivity contribution < 1.29 is 4.79 Å². The smallest absolute Gasteiger partial charge is 0.258 e. The van der Waals surface area contributed by atoms with Gasteiger partial charge < -0.3 is 0 Å². The second-order valence-corrected chi connectivity index (χ2v) is 6.47. The zero-order chi connectivity index (χ0) is 13.2. The Kier molecular flexibility index (Phi) is 3.66. The molecule has 0 spiro atoms. The number of rotatable bonds is 2. The Morgan fingerprint density at radius 1 is 1.26 bits per heavy atom. The van der Waals surface area contributed by atoms with Gasteiger partial charge in [-0.05, 0) is 53.7 Å². The molecule has 1 heterocycles. The van der Waals surface area contributed by atoms with E-state index in [-0.39, 0.29) is 5.91 Å². The number of aryl methyl sites for hydroxylation is 2. The van der Waals surface area contributed by atoms with Crippen molar-refractivity contribution in [3.63, 3.8) is 0 Å². The summed E-state index contributed by atoms with van der Waals surface area (Å²) in [5, 5.41) is 3.61. The van der Waals surface area contributed by atoms with Gasteiger partial charge in [0.15, 0.2) is 5.13 Å². The Hall–Kier alpha value is -1.20. The van der Waals surface area contributed by atoms with Gasteiger partial charge in [0.05, 0.1) is 11.3 Å². The molecule has 3 rings (SSSR count). The van der Waals surface area contributed by atoms with Gasteiger partial charge in [-0.1, -0.05) is 12.1 Å². The molecule has 0 saturated heterocycles. The van der Waals surface area contributed by atoms with Crippen molar-refractivity contribution in [1.29, 1.82) is 0 Å². The zero-order valence-electron chi connectivity index (χ0n) is 10.3. The van der Waals surface area contributed by atoms with E-state index in [2.05, 4.69) is 26.2 Å². The summed E-state index contributed by atoms with van der Waals surface area (Å²) in [6.45, 7) is 0. The number of aromatic nitrogens is 1. The van der Waals surface area contributed by atoms with Crippen LogP contribution in [0.15, 0.2) is 28.7 Å². The molecule has 1 amide bonds. The van der Waals surface area contributed by atoms with Crippen molar-refractivity contribution in [2.24, 2.45) is 0 Å². The van der Waals surface area contributed by atoms with Crippen LogP contribution in [-0.4, -0.2) is 10.9 Å². The minimum absolute atomic E-state index is 0.112. The molecule has 98 valence electrons. The Morgan fingerprint density at radius 2 is 2.05 bits per heavy atom. The molecule has 0 fully saturated rings. The average Bonchev–Trinajstić information content (AvgIpc) is 2.81. The fraction of sp³-hybridized carbons (Fsp3) is 0.286. The van der Waals surface area contributed by atoms with Crippen LogP contribution in [-0.2, 0) is 12.8 Å². The summed E-state index contributed by atoms with van der Waals surface area (Å²) in [7, 11) is 0. The number of carbonyl (C=O) groups excluding carboxylic acids is 1. The second kappa shape index (κ2) is 5.43. The normalized spacial score (nSPS) is 13.9. The monoisotopic (exact) mass is 336 g/mol. The lowest BCUT2D eigenvalue weighted by Gasteiger charge is -2.06. The van der Waals surface area contributed by atoms with Crippen LogP contribution in [0.4, 0.5) is 5.13 Å². The first-order chi connectivity index (χ1) is 9.24. The van der Waals surface area contributed by atoms with Crippen LogP contribution in [0.25, 0.3) is 0 Å².